The third kappa shape index (κ3) is 2.22. The molecule has 0 radical (unpaired) electrons. The summed E-state index contributed by atoms with van der Waals surface area (Å²) in [5, 5.41) is 0.0236. The Morgan fingerprint density at radius 2 is 2.12 bits per heavy atom. The van der Waals surface area contributed by atoms with E-state index in [1.54, 1.807) is 6.07 Å². The predicted octanol–water partition coefficient (Wildman–Crippen LogP) is 1.78. The van der Waals surface area contributed by atoms with Gasteiger partial charge in [-0.15, -0.1) is 0 Å². The number of ketones is 1. The van der Waals surface area contributed by atoms with Crippen molar-refractivity contribution in [2.45, 2.75) is 13.0 Å². The number of nitrogens with zero attached hydrogens (tertiary/aromatic N) is 1. The minimum Gasteiger partial charge on any atom is -0.331 e. The second-order valence-corrected chi connectivity index (χ2v) is 4.12. The van der Waals surface area contributed by atoms with Crippen molar-refractivity contribution < 1.29 is 14.0 Å². The molecule has 5 heteroatoms. The summed E-state index contributed by atoms with van der Waals surface area (Å²) in [5.74, 6) is -0.766. The average molecular weight is 242 g/mol. The van der Waals surface area contributed by atoms with Crippen LogP contribution in [0.1, 0.15) is 12.0 Å². The number of hydrogen-bond donors (Lipinski definition) is 0. The maximum absolute atomic E-state index is 12.9. The molecule has 0 spiro atoms. The molecular weight excluding hydrogens is 233 g/mol. The molecule has 0 aromatic heterocycles. The summed E-state index contributed by atoms with van der Waals surface area (Å²) in [6.45, 7) is 0.429. The van der Waals surface area contributed by atoms with Crippen molar-refractivity contribution in [2.75, 3.05) is 6.54 Å². The van der Waals surface area contributed by atoms with E-state index in [1.807, 2.05) is 0 Å². The minimum atomic E-state index is -0.491. The van der Waals surface area contributed by atoms with E-state index in [4.69, 9.17) is 11.6 Å². The van der Waals surface area contributed by atoms with Crippen LogP contribution in [0.3, 0.4) is 0 Å². The SMILES string of the molecule is O=C1CC(=O)N(Cc2ccc(F)c(Cl)c2)C1. The van der Waals surface area contributed by atoms with Gasteiger partial charge in [-0.1, -0.05) is 17.7 Å². The minimum absolute atomic E-state index is 0.0236. The van der Waals surface area contributed by atoms with Gasteiger partial charge >= 0.3 is 0 Å². The van der Waals surface area contributed by atoms with Crippen LogP contribution in [-0.4, -0.2) is 23.1 Å². The van der Waals surface area contributed by atoms with Gasteiger partial charge in [0, 0.05) is 6.54 Å². The van der Waals surface area contributed by atoms with E-state index in [0.29, 0.717) is 6.54 Å². The van der Waals surface area contributed by atoms with Crippen molar-refractivity contribution >= 4 is 23.3 Å². The number of likely N-dealkylation sites (tertiary alicyclic amines) is 1. The number of carbonyl (C=O) groups excluding carboxylic acids is 2. The Bertz CT molecular complexity index is 461. The Balaban J connectivity index is 2.12. The molecular formula is C11H9ClFNO2. The highest BCUT2D eigenvalue weighted by Gasteiger charge is 2.27. The second-order valence-electron chi connectivity index (χ2n) is 3.71. The molecule has 3 nitrogen and oxygen atoms in total. The zero-order valence-corrected chi connectivity index (χ0v) is 9.13. The van der Waals surface area contributed by atoms with Crippen LogP contribution < -0.4 is 0 Å². The Morgan fingerprint density at radius 1 is 1.38 bits per heavy atom. The fourth-order valence-electron chi connectivity index (χ4n) is 1.64. The van der Waals surface area contributed by atoms with Gasteiger partial charge in [0.15, 0.2) is 5.78 Å². The maximum Gasteiger partial charge on any atom is 0.230 e. The van der Waals surface area contributed by atoms with Crippen molar-refractivity contribution in [2.24, 2.45) is 0 Å². The van der Waals surface area contributed by atoms with Crippen LogP contribution in [0.4, 0.5) is 4.39 Å². The summed E-state index contributed by atoms with van der Waals surface area (Å²) < 4.78 is 12.9. The molecule has 0 unspecified atom stereocenters. The molecule has 0 bridgehead atoms. The monoisotopic (exact) mass is 241 g/mol. The summed E-state index contributed by atoms with van der Waals surface area (Å²) in [6, 6.07) is 4.27. The lowest BCUT2D eigenvalue weighted by Gasteiger charge is -2.14. The molecule has 0 saturated carbocycles. The van der Waals surface area contributed by atoms with E-state index in [1.165, 1.54) is 17.0 Å². The highest BCUT2D eigenvalue weighted by molar-refractivity contribution is 6.30. The van der Waals surface area contributed by atoms with Crippen molar-refractivity contribution in [3.63, 3.8) is 0 Å². The fraction of sp³-hybridized carbons (Fsp3) is 0.273. The van der Waals surface area contributed by atoms with Crippen LogP contribution in [0.5, 0.6) is 0 Å². The molecule has 1 fully saturated rings. The lowest BCUT2D eigenvalue weighted by Crippen LogP contribution is -2.24. The molecule has 84 valence electrons. The van der Waals surface area contributed by atoms with Gasteiger partial charge in [-0.2, -0.15) is 0 Å². The first kappa shape index (κ1) is 11.1. The summed E-state index contributed by atoms with van der Waals surface area (Å²) in [6.07, 6.45) is -0.0328. The van der Waals surface area contributed by atoms with Crippen LogP contribution in [-0.2, 0) is 16.1 Å². The van der Waals surface area contributed by atoms with Gasteiger partial charge in [0.25, 0.3) is 0 Å². The molecule has 1 aliphatic heterocycles. The highest BCUT2D eigenvalue weighted by atomic mass is 35.5. The molecule has 0 aliphatic carbocycles. The summed E-state index contributed by atoms with van der Waals surface area (Å²) in [4.78, 5) is 23.8. The first-order valence-corrected chi connectivity index (χ1v) is 5.17. The molecule has 2 rings (SSSR count). The van der Waals surface area contributed by atoms with Crippen LogP contribution in [0.25, 0.3) is 0 Å². The lowest BCUT2D eigenvalue weighted by molar-refractivity contribution is -0.128. The number of rotatable bonds is 2. The Hall–Kier alpha value is -1.42. The Kier molecular flexibility index (Phi) is 2.92. The first-order chi connectivity index (χ1) is 7.56. The van der Waals surface area contributed by atoms with Crippen molar-refractivity contribution in [1.82, 2.24) is 4.90 Å². The van der Waals surface area contributed by atoms with Crippen LogP contribution in [0.2, 0.25) is 5.02 Å². The number of hydrogen-bond acceptors (Lipinski definition) is 2. The van der Waals surface area contributed by atoms with E-state index in [0.717, 1.165) is 5.56 Å². The third-order valence-electron chi connectivity index (χ3n) is 2.43. The van der Waals surface area contributed by atoms with Gasteiger partial charge in [-0.3, -0.25) is 9.59 Å². The Labute approximate surface area is 96.8 Å². The molecule has 1 aliphatic rings. The maximum atomic E-state index is 12.9. The van der Waals surface area contributed by atoms with Crippen LogP contribution >= 0.6 is 11.6 Å². The van der Waals surface area contributed by atoms with Gasteiger partial charge in [0.1, 0.15) is 5.82 Å². The number of halogens is 2. The van der Waals surface area contributed by atoms with Gasteiger partial charge in [-0.05, 0) is 17.7 Å². The largest absolute Gasteiger partial charge is 0.331 e. The second kappa shape index (κ2) is 4.22. The molecule has 0 N–H and O–H groups in total. The van der Waals surface area contributed by atoms with E-state index in [2.05, 4.69) is 0 Å². The molecule has 16 heavy (non-hydrogen) atoms. The van der Waals surface area contributed by atoms with E-state index in [-0.39, 0.29) is 29.7 Å². The van der Waals surface area contributed by atoms with Crippen molar-refractivity contribution in [1.29, 1.82) is 0 Å². The molecule has 0 atom stereocenters. The van der Waals surface area contributed by atoms with Gasteiger partial charge in [-0.25, -0.2) is 4.39 Å². The molecule has 1 saturated heterocycles. The smallest absolute Gasteiger partial charge is 0.230 e. The summed E-state index contributed by atoms with van der Waals surface area (Å²) >= 11 is 5.62. The van der Waals surface area contributed by atoms with Crippen molar-refractivity contribution in [3.8, 4) is 0 Å². The van der Waals surface area contributed by atoms with Gasteiger partial charge < -0.3 is 4.90 Å². The van der Waals surface area contributed by atoms with Gasteiger partial charge in [0.2, 0.25) is 5.91 Å². The number of Topliss-reactive ketones (excluding diaryl/α,β-unsaturated/α-hetero) is 1. The van der Waals surface area contributed by atoms with Crippen LogP contribution in [0.15, 0.2) is 18.2 Å². The number of amides is 1. The third-order valence-corrected chi connectivity index (χ3v) is 2.72. The lowest BCUT2D eigenvalue weighted by atomic mass is 10.2. The highest BCUT2D eigenvalue weighted by Crippen LogP contribution is 2.18. The standard InChI is InChI=1S/C11H9ClFNO2/c12-9-3-7(1-2-10(9)13)5-14-6-8(15)4-11(14)16/h1-3H,4-6H2. The zero-order valence-electron chi connectivity index (χ0n) is 8.37. The topological polar surface area (TPSA) is 37.4 Å². The zero-order chi connectivity index (χ0) is 11.7. The van der Waals surface area contributed by atoms with E-state index >= 15 is 0 Å². The molecule has 1 aromatic rings. The van der Waals surface area contributed by atoms with E-state index < -0.39 is 5.82 Å². The number of carbonyl (C=O) groups is 2. The normalized spacial score (nSPS) is 16.0. The molecule has 1 amide bonds. The fourth-order valence-corrected chi connectivity index (χ4v) is 1.84. The van der Waals surface area contributed by atoms with Gasteiger partial charge in [0.05, 0.1) is 18.0 Å². The van der Waals surface area contributed by atoms with Crippen molar-refractivity contribution in [3.05, 3.63) is 34.6 Å². The average Bonchev–Trinajstić information content (AvgIpc) is 2.51. The summed E-state index contributed by atoms with van der Waals surface area (Å²) in [5.41, 5.74) is 0.717. The summed E-state index contributed by atoms with van der Waals surface area (Å²) in [7, 11) is 0. The van der Waals surface area contributed by atoms with E-state index in [9.17, 15) is 14.0 Å². The molecule has 1 heterocycles. The Morgan fingerprint density at radius 3 is 2.69 bits per heavy atom. The first-order valence-electron chi connectivity index (χ1n) is 4.79. The quantitative estimate of drug-likeness (QED) is 0.741. The number of benzene rings is 1. The predicted molar refractivity (Wildman–Crippen MR) is 56.5 cm³/mol. The van der Waals surface area contributed by atoms with Crippen LogP contribution in [0, 0.1) is 5.82 Å². The molecule has 1 aromatic carbocycles.